The van der Waals surface area contributed by atoms with Crippen LogP contribution in [-0.4, -0.2) is 33.1 Å². The molecule has 0 radical (unpaired) electrons. The largest absolute Gasteiger partial charge is 0.465 e. The van der Waals surface area contributed by atoms with Crippen LogP contribution in [0, 0.1) is 0 Å². The summed E-state index contributed by atoms with van der Waals surface area (Å²) in [5.74, 6) is 0. The van der Waals surface area contributed by atoms with Crippen molar-refractivity contribution >= 4 is 12.3 Å². The second-order valence-electron chi connectivity index (χ2n) is 3.75. The Morgan fingerprint density at radius 1 is 1.43 bits per heavy atom. The van der Waals surface area contributed by atoms with Gasteiger partial charge in [0.1, 0.15) is 0 Å². The highest BCUT2D eigenvalue weighted by atomic mass is 16.4. The van der Waals surface area contributed by atoms with Crippen LogP contribution in [-0.2, 0) is 0 Å². The molecule has 0 aliphatic heterocycles. The maximum absolute atomic E-state index is 11.0. The van der Waals surface area contributed by atoms with E-state index < -0.39 is 11.6 Å². The molecule has 0 aromatic heterocycles. The molecule has 0 unspecified atom stereocenters. The highest BCUT2D eigenvalue weighted by Crippen LogP contribution is 2.18. The minimum absolute atomic E-state index is 0.340. The predicted octanol–water partition coefficient (Wildman–Crippen LogP) is 2.13. The van der Waals surface area contributed by atoms with Gasteiger partial charge in [-0.3, -0.25) is 4.90 Å². The first-order valence-electron chi connectivity index (χ1n) is 4.21. The fourth-order valence-corrected chi connectivity index (χ4v) is 1.11. The number of hydrogen-bond donors (Lipinski definition) is 2. The lowest BCUT2D eigenvalue weighted by Gasteiger charge is -2.33. The van der Waals surface area contributed by atoms with Crippen molar-refractivity contribution in [2.75, 3.05) is 0 Å². The first-order chi connectivity index (χ1) is 6.34. The lowest BCUT2D eigenvalue weighted by Crippen LogP contribution is -2.44. The average Bonchev–Trinajstić information content (AvgIpc) is 2.00. The molecule has 0 aromatic rings. The Balaban J connectivity index is 5.11. The molecule has 0 saturated heterocycles. The van der Waals surface area contributed by atoms with E-state index in [1.165, 1.54) is 0 Å². The second-order valence-corrected chi connectivity index (χ2v) is 3.75. The summed E-state index contributed by atoms with van der Waals surface area (Å²) in [4.78, 5) is 12.1. The van der Waals surface area contributed by atoms with Crippen molar-refractivity contribution < 1.29 is 15.1 Å². The molecule has 0 atom stereocenters. The predicted molar refractivity (Wildman–Crippen MR) is 53.7 cm³/mol. The highest BCUT2D eigenvalue weighted by molar-refractivity contribution is 5.84. The summed E-state index contributed by atoms with van der Waals surface area (Å²) in [6, 6.07) is 0. The number of rotatable bonds is 2. The zero-order valence-electron chi connectivity index (χ0n) is 8.85. The van der Waals surface area contributed by atoms with E-state index in [1.54, 1.807) is 33.8 Å². The van der Waals surface area contributed by atoms with Gasteiger partial charge in [-0.05, 0) is 27.7 Å². The van der Waals surface area contributed by atoms with Gasteiger partial charge in [-0.15, -0.1) is 0 Å². The minimum Gasteiger partial charge on any atom is -0.465 e. The Morgan fingerprint density at radius 3 is 2.14 bits per heavy atom. The van der Waals surface area contributed by atoms with E-state index in [1.807, 2.05) is 0 Å². The molecule has 5 heteroatoms. The summed E-state index contributed by atoms with van der Waals surface area (Å²) in [6.45, 7) is 6.96. The summed E-state index contributed by atoms with van der Waals surface area (Å²) in [5.41, 5.74) is -0.234. The van der Waals surface area contributed by atoms with Crippen LogP contribution in [0.5, 0.6) is 0 Å². The van der Waals surface area contributed by atoms with Gasteiger partial charge in [0, 0.05) is 5.54 Å². The van der Waals surface area contributed by atoms with Crippen molar-refractivity contribution in [3.05, 3.63) is 11.8 Å². The maximum atomic E-state index is 11.0. The molecule has 80 valence electrons. The van der Waals surface area contributed by atoms with Gasteiger partial charge in [0.15, 0.2) is 0 Å². The fourth-order valence-electron chi connectivity index (χ4n) is 1.11. The van der Waals surface area contributed by atoms with Gasteiger partial charge in [0.05, 0.1) is 11.9 Å². The van der Waals surface area contributed by atoms with Crippen molar-refractivity contribution in [1.29, 1.82) is 0 Å². The number of oxime groups is 1. The molecular formula is C9H16N2O3. The molecule has 0 spiro atoms. The molecule has 0 rings (SSSR count). The number of nitrogens with zero attached hydrogens (tertiary/aromatic N) is 2. The van der Waals surface area contributed by atoms with E-state index in [0.29, 0.717) is 5.70 Å². The fraction of sp³-hybridized carbons (Fsp3) is 0.556. The molecule has 0 heterocycles. The van der Waals surface area contributed by atoms with Crippen molar-refractivity contribution in [3.63, 3.8) is 0 Å². The number of amides is 1. The van der Waals surface area contributed by atoms with Crippen LogP contribution in [0.25, 0.3) is 0 Å². The van der Waals surface area contributed by atoms with Crippen molar-refractivity contribution in [3.8, 4) is 0 Å². The average molecular weight is 200 g/mol. The molecule has 0 aliphatic rings. The number of carbonyl (C=O) groups is 1. The summed E-state index contributed by atoms with van der Waals surface area (Å²) in [7, 11) is 0. The first kappa shape index (κ1) is 12.5. The van der Waals surface area contributed by atoms with Gasteiger partial charge >= 0.3 is 6.09 Å². The molecule has 0 saturated carbocycles. The third kappa shape index (κ3) is 3.08. The Labute approximate surface area is 83.3 Å². The lowest BCUT2D eigenvalue weighted by molar-refractivity contribution is 0.126. The monoisotopic (exact) mass is 200 g/mol. The zero-order chi connectivity index (χ0) is 11.4. The van der Waals surface area contributed by atoms with Crippen LogP contribution in [0.2, 0.25) is 0 Å². The number of carboxylic acid groups (broad SMARTS) is 1. The maximum Gasteiger partial charge on any atom is 0.412 e. The second kappa shape index (κ2) is 4.64. The van der Waals surface area contributed by atoms with E-state index >= 15 is 0 Å². The molecule has 2 N–H and O–H groups in total. The first-order valence-corrected chi connectivity index (χ1v) is 4.21. The SMILES string of the molecule is C/C=C(/C=N/O)N(C(=O)O)C(C)(C)C. The van der Waals surface area contributed by atoms with Crippen LogP contribution < -0.4 is 0 Å². The minimum atomic E-state index is -1.08. The Kier molecular flexibility index (Phi) is 4.14. The molecule has 0 bridgehead atoms. The van der Waals surface area contributed by atoms with Crippen molar-refractivity contribution in [2.45, 2.75) is 33.2 Å². The van der Waals surface area contributed by atoms with Gasteiger partial charge in [0.25, 0.3) is 0 Å². The number of allylic oxidation sites excluding steroid dienone is 2. The normalized spacial score (nSPS) is 13.3. The standard InChI is InChI=1S/C9H16N2O3/c1-5-7(6-10-14)11(8(12)13)9(2,3)4/h5-6,14H,1-4H3,(H,12,13)/b7-5-,10-6+. The third-order valence-corrected chi connectivity index (χ3v) is 1.61. The highest BCUT2D eigenvalue weighted by Gasteiger charge is 2.28. The smallest absolute Gasteiger partial charge is 0.412 e. The van der Waals surface area contributed by atoms with Crippen LogP contribution in [0.4, 0.5) is 4.79 Å². The van der Waals surface area contributed by atoms with Crippen molar-refractivity contribution in [1.82, 2.24) is 4.90 Å². The summed E-state index contributed by atoms with van der Waals surface area (Å²) < 4.78 is 0. The van der Waals surface area contributed by atoms with Gasteiger partial charge in [0.2, 0.25) is 0 Å². The number of hydrogen-bond acceptors (Lipinski definition) is 3. The molecule has 0 fully saturated rings. The molecule has 1 amide bonds. The van der Waals surface area contributed by atoms with E-state index in [0.717, 1.165) is 11.1 Å². The molecule has 5 nitrogen and oxygen atoms in total. The van der Waals surface area contributed by atoms with E-state index in [9.17, 15) is 4.79 Å². The molecular weight excluding hydrogens is 184 g/mol. The molecule has 0 aromatic carbocycles. The van der Waals surface area contributed by atoms with Gasteiger partial charge in [-0.2, -0.15) is 0 Å². The van der Waals surface area contributed by atoms with Crippen LogP contribution in [0.3, 0.4) is 0 Å². The van der Waals surface area contributed by atoms with Crippen LogP contribution in [0.15, 0.2) is 16.9 Å². The van der Waals surface area contributed by atoms with E-state index in [-0.39, 0.29) is 0 Å². The van der Waals surface area contributed by atoms with Crippen LogP contribution in [0.1, 0.15) is 27.7 Å². The van der Waals surface area contributed by atoms with E-state index in [4.69, 9.17) is 10.3 Å². The topological polar surface area (TPSA) is 73.1 Å². The van der Waals surface area contributed by atoms with Gasteiger partial charge in [-0.25, -0.2) is 4.79 Å². The Bertz CT molecular complexity index is 264. The van der Waals surface area contributed by atoms with Crippen LogP contribution >= 0.6 is 0 Å². The van der Waals surface area contributed by atoms with Crippen molar-refractivity contribution in [2.24, 2.45) is 5.16 Å². The Morgan fingerprint density at radius 2 is 1.93 bits per heavy atom. The summed E-state index contributed by atoms with van der Waals surface area (Å²) in [5, 5.41) is 20.2. The van der Waals surface area contributed by atoms with Gasteiger partial charge < -0.3 is 10.3 Å². The van der Waals surface area contributed by atoms with Gasteiger partial charge in [-0.1, -0.05) is 11.2 Å². The summed E-state index contributed by atoms with van der Waals surface area (Å²) in [6.07, 6.45) is 1.59. The lowest BCUT2D eigenvalue weighted by atomic mass is 10.1. The van der Waals surface area contributed by atoms with E-state index in [2.05, 4.69) is 5.16 Å². The third-order valence-electron chi connectivity index (χ3n) is 1.61. The summed E-state index contributed by atoms with van der Waals surface area (Å²) >= 11 is 0. The quantitative estimate of drug-likeness (QED) is 0.407. The Hall–Kier alpha value is -1.52. The molecule has 14 heavy (non-hydrogen) atoms. The molecule has 0 aliphatic carbocycles. The zero-order valence-corrected chi connectivity index (χ0v) is 8.85.